The molecule has 0 unspecified atom stereocenters. The van der Waals surface area contributed by atoms with Crippen molar-refractivity contribution in [2.75, 3.05) is 0 Å². The van der Waals surface area contributed by atoms with Crippen LogP contribution in [0.1, 0.15) is 46.4 Å². The van der Waals surface area contributed by atoms with Crippen LogP contribution < -0.4 is 5.32 Å². The minimum Gasteiger partial charge on any atom is -0.346 e. The zero-order valence-corrected chi connectivity index (χ0v) is 14.4. The minimum absolute atomic E-state index is 0.160. The van der Waals surface area contributed by atoms with Crippen molar-refractivity contribution in [3.63, 3.8) is 0 Å². The first-order chi connectivity index (χ1) is 11.0. The van der Waals surface area contributed by atoms with Crippen LogP contribution in [0.25, 0.3) is 5.65 Å². The minimum atomic E-state index is -0.346. The van der Waals surface area contributed by atoms with E-state index in [0.29, 0.717) is 12.2 Å². The highest BCUT2D eigenvalue weighted by molar-refractivity contribution is 7.05. The summed E-state index contributed by atoms with van der Waals surface area (Å²) < 4.78 is 5.45. The van der Waals surface area contributed by atoms with E-state index < -0.39 is 0 Å². The smallest absolute Gasteiger partial charge is 0.273 e. The van der Waals surface area contributed by atoms with Gasteiger partial charge in [-0.25, -0.2) is 9.50 Å². The van der Waals surface area contributed by atoms with Crippen molar-refractivity contribution in [2.45, 2.75) is 33.2 Å². The Morgan fingerprint density at radius 1 is 1.48 bits per heavy atom. The molecule has 0 fully saturated rings. The number of carbonyl (C=O) groups is 1. The molecule has 0 saturated heterocycles. The zero-order valence-electron chi connectivity index (χ0n) is 12.9. The van der Waals surface area contributed by atoms with Gasteiger partial charge in [0, 0.05) is 12.4 Å². The third-order valence-electron chi connectivity index (χ3n) is 3.30. The summed E-state index contributed by atoms with van der Waals surface area (Å²) in [7, 11) is 0. The molecule has 0 atom stereocenters. The van der Waals surface area contributed by atoms with Gasteiger partial charge in [-0.15, -0.1) is 5.10 Å². The van der Waals surface area contributed by atoms with E-state index in [1.54, 1.807) is 12.4 Å². The van der Waals surface area contributed by atoms with Crippen molar-refractivity contribution in [1.82, 2.24) is 29.5 Å². The predicted octanol–water partition coefficient (Wildman–Crippen LogP) is 2.60. The first kappa shape index (κ1) is 15.8. The molecule has 3 aromatic heterocycles. The maximum absolute atomic E-state index is 12.4. The summed E-state index contributed by atoms with van der Waals surface area (Å²) in [6.07, 6.45) is 3.46. The van der Waals surface area contributed by atoms with E-state index in [1.165, 1.54) is 16.0 Å². The fourth-order valence-electron chi connectivity index (χ4n) is 2.17. The fourth-order valence-corrected chi connectivity index (χ4v) is 3.16. The molecule has 120 valence electrons. The molecule has 3 aromatic rings. The molecule has 9 heteroatoms. The standard InChI is InChI=1S/C14H15ClN6OS/c1-7(2)11-9(23-20-18-11)5-17-14(22)12-10(15)13-16-4-8(3)6-21(13)19-12/h4,6-7H,5H2,1-3H3,(H,17,22). The monoisotopic (exact) mass is 350 g/mol. The molecule has 0 saturated carbocycles. The van der Waals surface area contributed by atoms with Gasteiger partial charge >= 0.3 is 0 Å². The number of hydrogen-bond acceptors (Lipinski definition) is 6. The molecule has 0 bridgehead atoms. The summed E-state index contributed by atoms with van der Waals surface area (Å²) in [4.78, 5) is 17.5. The second-order valence-electron chi connectivity index (χ2n) is 5.48. The van der Waals surface area contributed by atoms with Crippen LogP contribution in [0.5, 0.6) is 0 Å². The molecule has 3 rings (SSSR count). The Balaban J connectivity index is 1.81. The average molecular weight is 351 g/mol. The maximum atomic E-state index is 12.4. The molecule has 23 heavy (non-hydrogen) atoms. The summed E-state index contributed by atoms with van der Waals surface area (Å²) in [5.74, 6) is -0.0899. The molecule has 0 aliphatic rings. The molecular weight excluding hydrogens is 336 g/mol. The summed E-state index contributed by atoms with van der Waals surface area (Å²) >= 11 is 7.50. The topological polar surface area (TPSA) is 85.1 Å². The number of aryl methyl sites for hydroxylation is 1. The Morgan fingerprint density at radius 2 is 2.26 bits per heavy atom. The first-order valence-electron chi connectivity index (χ1n) is 7.07. The highest BCUT2D eigenvalue weighted by Crippen LogP contribution is 2.22. The average Bonchev–Trinajstić information content (AvgIpc) is 3.09. The lowest BCUT2D eigenvalue weighted by Gasteiger charge is -2.05. The molecular formula is C14H15ClN6OS. The van der Waals surface area contributed by atoms with Crippen molar-refractivity contribution in [3.05, 3.63) is 39.2 Å². The van der Waals surface area contributed by atoms with Crippen LogP contribution in [0, 0.1) is 6.92 Å². The fraction of sp³-hybridized carbons (Fsp3) is 0.357. The third-order valence-corrected chi connectivity index (χ3v) is 4.39. The largest absolute Gasteiger partial charge is 0.346 e. The van der Waals surface area contributed by atoms with Crippen molar-refractivity contribution in [3.8, 4) is 0 Å². The van der Waals surface area contributed by atoms with E-state index in [-0.39, 0.29) is 22.5 Å². The molecule has 0 spiro atoms. The molecule has 1 amide bonds. The predicted molar refractivity (Wildman–Crippen MR) is 87.9 cm³/mol. The van der Waals surface area contributed by atoms with Crippen LogP contribution in [-0.2, 0) is 6.54 Å². The van der Waals surface area contributed by atoms with Gasteiger partial charge in [0.2, 0.25) is 0 Å². The third kappa shape index (κ3) is 3.04. The second kappa shape index (κ2) is 6.21. The zero-order chi connectivity index (χ0) is 16.6. The molecule has 3 heterocycles. The van der Waals surface area contributed by atoms with Gasteiger partial charge in [0.1, 0.15) is 5.02 Å². The van der Waals surface area contributed by atoms with E-state index >= 15 is 0 Å². The van der Waals surface area contributed by atoms with Gasteiger partial charge in [0.25, 0.3) is 5.91 Å². The Kier molecular flexibility index (Phi) is 4.27. The Labute approximate surface area is 141 Å². The maximum Gasteiger partial charge on any atom is 0.273 e. The number of amides is 1. The number of carbonyl (C=O) groups excluding carboxylic acids is 1. The van der Waals surface area contributed by atoms with Crippen LogP contribution >= 0.6 is 23.1 Å². The van der Waals surface area contributed by atoms with Crippen LogP contribution in [0.15, 0.2) is 12.4 Å². The SMILES string of the molecule is Cc1cnc2c(Cl)c(C(=O)NCc3snnc3C(C)C)nn2c1. The molecule has 0 aromatic carbocycles. The van der Waals surface area contributed by atoms with Gasteiger partial charge in [-0.2, -0.15) is 5.10 Å². The molecule has 0 radical (unpaired) electrons. The van der Waals surface area contributed by atoms with Crippen LogP contribution in [0.2, 0.25) is 5.02 Å². The quantitative estimate of drug-likeness (QED) is 0.781. The highest BCUT2D eigenvalue weighted by Gasteiger charge is 2.20. The van der Waals surface area contributed by atoms with Gasteiger partial charge < -0.3 is 5.32 Å². The molecule has 0 aliphatic heterocycles. The van der Waals surface area contributed by atoms with Gasteiger partial charge in [-0.3, -0.25) is 4.79 Å². The van der Waals surface area contributed by atoms with Crippen LogP contribution in [0.3, 0.4) is 0 Å². The van der Waals surface area contributed by atoms with E-state index in [1.807, 2.05) is 20.8 Å². The van der Waals surface area contributed by atoms with Crippen molar-refractivity contribution >= 4 is 34.7 Å². The number of halogens is 1. The number of nitrogens with one attached hydrogen (secondary N) is 1. The second-order valence-corrected chi connectivity index (χ2v) is 6.70. The molecule has 7 nitrogen and oxygen atoms in total. The van der Waals surface area contributed by atoms with Crippen molar-refractivity contribution in [2.24, 2.45) is 0 Å². The summed E-state index contributed by atoms with van der Waals surface area (Å²) in [6, 6.07) is 0. The molecule has 1 N–H and O–H groups in total. The number of nitrogens with zero attached hydrogens (tertiary/aromatic N) is 5. The summed E-state index contributed by atoms with van der Waals surface area (Å²) in [5.41, 5.74) is 2.45. The summed E-state index contributed by atoms with van der Waals surface area (Å²) in [6.45, 7) is 6.32. The van der Waals surface area contributed by atoms with Crippen molar-refractivity contribution in [1.29, 1.82) is 0 Å². The highest BCUT2D eigenvalue weighted by atomic mass is 35.5. The lowest BCUT2D eigenvalue weighted by Crippen LogP contribution is -2.23. The van der Waals surface area contributed by atoms with Crippen LogP contribution in [-0.4, -0.2) is 30.1 Å². The Morgan fingerprint density at radius 3 is 3.00 bits per heavy atom. The normalized spacial score (nSPS) is 11.3. The summed E-state index contributed by atoms with van der Waals surface area (Å²) in [5, 5.41) is 11.4. The number of rotatable bonds is 4. The number of aromatic nitrogens is 5. The van der Waals surface area contributed by atoms with E-state index in [9.17, 15) is 4.79 Å². The van der Waals surface area contributed by atoms with Gasteiger partial charge in [-0.1, -0.05) is 29.9 Å². The lowest BCUT2D eigenvalue weighted by atomic mass is 10.1. The first-order valence-corrected chi connectivity index (χ1v) is 8.22. The van der Waals surface area contributed by atoms with Crippen molar-refractivity contribution < 1.29 is 4.79 Å². The van der Waals surface area contributed by atoms with E-state index in [2.05, 4.69) is 25.0 Å². The van der Waals surface area contributed by atoms with Gasteiger partial charge in [0.05, 0.1) is 17.1 Å². The van der Waals surface area contributed by atoms with E-state index in [0.717, 1.165) is 16.1 Å². The number of hydrogen-bond donors (Lipinski definition) is 1. The van der Waals surface area contributed by atoms with Gasteiger partial charge in [0.15, 0.2) is 11.3 Å². The Bertz CT molecular complexity index is 871. The molecule has 0 aliphatic carbocycles. The lowest BCUT2D eigenvalue weighted by molar-refractivity contribution is 0.0946. The van der Waals surface area contributed by atoms with Crippen LogP contribution in [0.4, 0.5) is 0 Å². The van der Waals surface area contributed by atoms with E-state index in [4.69, 9.17) is 11.6 Å². The van der Waals surface area contributed by atoms with Gasteiger partial charge in [-0.05, 0) is 29.9 Å². The number of fused-ring (bicyclic) bond motifs is 1. The Hall–Kier alpha value is -2.06.